The standard InChI is InChI=1S/C21H17F3O6/c1-10-4-5-11(2)18(12(10)3)30-19-17(27)14-7-6-13(28-9-16(25)26)8-15(14)29-20(19)21(22,23)24/h4-8H,9H2,1-3H3,(H,25,26)/p-1. The number of carbonyl (C=O) groups excluding carboxylic acids is 1. The molecule has 158 valence electrons. The molecule has 0 spiro atoms. The van der Waals surface area contributed by atoms with Crippen LogP contribution >= 0.6 is 0 Å². The van der Waals surface area contributed by atoms with Crippen molar-refractivity contribution in [3.8, 4) is 17.2 Å². The summed E-state index contributed by atoms with van der Waals surface area (Å²) >= 11 is 0. The Morgan fingerprint density at radius 2 is 1.73 bits per heavy atom. The lowest BCUT2D eigenvalue weighted by molar-refractivity contribution is -0.307. The molecule has 0 N–H and O–H groups in total. The molecule has 0 atom stereocenters. The van der Waals surface area contributed by atoms with Gasteiger partial charge in [-0.1, -0.05) is 12.1 Å². The van der Waals surface area contributed by atoms with Crippen molar-refractivity contribution in [2.75, 3.05) is 6.61 Å². The minimum Gasteiger partial charge on any atom is -0.546 e. The van der Waals surface area contributed by atoms with Crippen LogP contribution in [0.2, 0.25) is 0 Å². The molecule has 1 aromatic heterocycles. The van der Waals surface area contributed by atoms with E-state index >= 15 is 0 Å². The first-order valence-corrected chi connectivity index (χ1v) is 8.74. The van der Waals surface area contributed by atoms with Gasteiger partial charge in [-0.3, -0.25) is 4.79 Å². The minimum atomic E-state index is -5.02. The van der Waals surface area contributed by atoms with Crippen molar-refractivity contribution in [3.05, 3.63) is 63.0 Å². The van der Waals surface area contributed by atoms with E-state index in [9.17, 15) is 27.9 Å². The molecule has 0 aliphatic rings. The van der Waals surface area contributed by atoms with Gasteiger partial charge in [0.05, 0.1) is 11.4 Å². The smallest absolute Gasteiger partial charge is 0.453 e. The highest BCUT2D eigenvalue weighted by Crippen LogP contribution is 2.40. The predicted molar refractivity (Wildman–Crippen MR) is 98.7 cm³/mol. The van der Waals surface area contributed by atoms with Gasteiger partial charge in [-0.2, -0.15) is 13.2 Å². The Bertz CT molecular complexity index is 1190. The largest absolute Gasteiger partial charge is 0.546 e. The zero-order valence-corrected chi connectivity index (χ0v) is 16.2. The molecule has 0 unspecified atom stereocenters. The van der Waals surface area contributed by atoms with Gasteiger partial charge in [0.15, 0.2) is 0 Å². The van der Waals surface area contributed by atoms with Crippen molar-refractivity contribution >= 4 is 16.9 Å². The van der Waals surface area contributed by atoms with Gasteiger partial charge < -0.3 is 23.8 Å². The SMILES string of the molecule is Cc1ccc(C)c(Oc2c(C(F)(F)F)oc3cc(OCC(=O)[O-])ccc3c2=O)c1C. The van der Waals surface area contributed by atoms with E-state index in [-0.39, 0.29) is 16.9 Å². The van der Waals surface area contributed by atoms with Crippen LogP contribution < -0.4 is 20.0 Å². The van der Waals surface area contributed by atoms with Crippen LogP contribution in [0.25, 0.3) is 11.0 Å². The zero-order chi connectivity index (χ0) is 22.2. The lowest BCUT2D eigenvalue weighted by atomic mass is 10.1. The number of fused-ring (bicyclic) bond motifs is 1. The first-order valence-electron chi connectivity index (χ1n) is 8.74. The maximum Gasteiger partial charge on any atom is 0.453 e. The quantitative estimate of drug-likeness (QED) is 0.625. The number of aliphatic carboxylic acids is 1. The van der Waals surface area contributed by atoms with Gasteiger partial charge in [-0.15, -0.1) is 0 Å². The van der Waals surface area contributed by atoms with Crippen LogP contribution in [0.4, 0.5) is 13.2 Å². The highest BCUT2D eigenvalue weighted by atomic mass is 19.4. The van der Waals surface area contributed by atoms with Crippen molar-refractivity contribution < 1.29 is 37.0 Å². The molecule has 0 saturated heterocycles. The lowest BCUT2D eigenvalue weighted by Crippen LogP contribution is -2.28. The average Bonchev–Trinajstić information content (AvgIpc) is 2.67. The molecule has 30 heavy (non-hydrogen) atoms. The van der Waals surface area contributed by atoms with Crippen LogP contribution in [0.15, 0.2) is 39.5 Å². The second-order valence-corrected chi connectivity index (χ2v) is 6.66. The normalized spacial score (nSPS) is 11.5. The molecule has 3 aromatic rings. The van der Waals surface area contributed by atoms with Gasteiger partial charge in [-0.05, 0) is 49.6 Å². The van der Waals surface area contributed by atoms with E-state index in [0.29, 0.717) is 11.1 Å². The van der Waals surface area contributed by atoms with Gasteiger partial charge >= 0.3 is 6.18 Å². The Balaban J connectivity index is 2.20. The molecule has 2 aromatic carbocycles. The van der Waals surface area contributed by atoms with E-state index in [1.165, 1.54) is 12.1 Å². The molecule has 0 amide bonds. The average molecular weight is 421 g/mol. The molecule has 0 bridgehead atoms. The number of alkyl halides is 3. The number of halogens is 3. The van der Waals surface area contributed by atoms with Crippen LogP contribution in [0, 0.1) is 20.8 Å². The first-order chi connectivity index (χ1) is 14.0. The third-order valence-corrected chi connectivity index (χ3v) is 4.51. The molecule has 0 saturated carbocycles. The topological polar surface area (TPSA) is 88.8 Å². The fraction of sp³-hybridized carbons (Fsp3) is 0.238. The Labute approximate surface area is 168 Å². The van der Waals surface area contributed by atoms with Crippen LogP contribution in [0.3, 0.4) is 0 Å². The monoisotopic (exact) mass is 421 g/mol. The maximum absolute atomic E-state index is 13.7. The number of benzene rings is 2. The highest BCUT2D eigenvalue weighted by Gasteiger charge is 2.40. The Morgan fingerprint density at radius 3 is 2.37 bits per heavy atom. The summed E-state index contributed by atoms with van der Waals surface area (Å²) in [6.45, 7) is 4.28. The number of carbonyl (C=O) groups is 1. The van der Waals surface area contributed by atoms with Crippen molar-refractivity contribution in [2.24, 2.45) is 0 Å². The van der Waals surface area contributed by atoms with Crippen molar-refractivity contribution in [1.29, 1.82) is 0 Å². The first kappa shape index (κ1) is 21.2. The number of hydrogen-bond donors (Lipinski definition) is 0. The van der Waals surface area contributed by atoms with Crippen molar-refractivity contribution in [1.82, 2.24) is 0 Å². The molecule has 0 aliphatic carbocycles. The van der Waals surface area contributed by atoms with Crippen molar-refractivity contribution in [3.63, 3.8) is 0 Å². The molecule has 0 radical (unpaired) electrons. The summed E-state index contributed by atoms with van der Waals surface area (Å²) in [6.07, 6.45) is -5.02. The second-order valence-electron chi connectivity index (χ2n) is 6.66. The zero-order valence-electron chi connectivity index (χ0n) is 16.2. The molecular formula is C21H16F3O6-. The van der Waals surface area contributed by atoms with Gasteiger partial charge in [0.25, 0.3) is 5.76 Å². The predicted octanol–water partition coefficient (Wildman–Crippen LogP) is 3.66. The Kier molecular flexibility index (Phi) is 5.47. The van der Waals surface area contributed by atoms with E-state index in [2.05, 4.69) is 0 Å². The molecule has 1 heterocycles. The fourth-order valence-corrected chi connectivity index (χ4v) is 2.85. The van der Waals surface area contributed by atoms with Gasteiger partial charge in [0, 0.05) is 6.07 Å². The summed E-state index contributed by atoms with van der Waals surface area (Å²) in [4.78, 5) is 23.4. The molecule has 9 heteroatoms. The molecule has 6 nitrogen and oxygen atoms in total. The van der Waals surface area contributed by atoms with E-state index in [1.807, 2.05) is 0 Å². The van der Waals surface area contributed by atoms with Gasteiger partial charge in [0.2, 0.25) is 11.2 Å². The molecule has 0 fully saturated rings. The summed E-state index contributed by atoms with van der Waals surface area (Å²) in [6, 6.07) is 6.88. The van der Waals surface area contributed by atoms with E-state index in [4.69, 9.17) is 13.9 Å². The van der Waals surface area contributed by atoms with Crippen LogP contribution in [0.5, 0.6) is 17.2 Å². The minimum absolute atomic E-state index is 0.0954. The lowest BCUT2D eigenvalue weighted by Gasteiger charge is -2.17. The van der Waals surface area contributed by atoms with E-state index in [0.717, 1.165) is 11.6 Å². The second kappa shape index (κ2) is 7.74. The third kappa shape index (κ3) is 4.10. The molecule has 3 rings (SSSR count). The number of carboxylic acid groups (broad SMARTS) is 1. The summed E-state index contributed by atoms with van der Waals surface area (Å²) in [5.74, 6) is -4.05. The molecule has 0 aliphatic heterocycles. The number of aryl methyl sites for hydroxylation is 2. The Hall–Kier alpha value is -3.49. The van der Waals surface area contributed by atoms with Crippen molar-refractivity contribution in [2.45, 2.75) is 26.9 Å². The van der Waals surface area contributed by atoms with Gasteiger partial charge in [0.1, 0.15) is 23.7 Å². The van der Waals surface area contributed by atoms with Crippen LogP contribution in [-0.4, -0.2) is 12.6 Å². The van der Waals surface area contributed by atoms with Gasteiger partial charge in [-0.25, -0.2) is 0 Å². The third-order valence-electron chi connectivity index (χ3n) is 4.51. The molecular weight excluding hydrogens is 405 g/mol. The fourth-order valence-electron chi connectivity index (χ4n) is 2.85. The highest BCUT2D eigenvalue weighted by molar-refractivity contribution is 5.80. The summed E-state index contributed by atoms with van der Waals surface area (Å²) in [5.41, 5.74) is 0.484. The summed E-state index contributed by atoms with van der Waals surface area (Å²) in [5, 5.41) is 10.3. The van der Waals surface area contributed by atoms with E-state index in [1.54, 1.807) is 32.9 Å². The number of ether oxygens (including phenoxy) is 2. The van der Waals surface area contributed by atoms with E-state index < -0.39 is 41.3 Å². The summed E-state index contributed by atoms with van der Waals surface area (Å²) < 4.78 is 56.3. The maximum atomic E-state index is 13.7. The Morgan fingerprint density at radius 1 is 1.07 bits per heavy atom. The van der Waals surface area contributed by atoms with Crippen LogP contribution in [-0.2, 0) is 11.0 Å². The summed E-state index contributed by atoms with van der Waals surface area (Å²) in [7, 11) is 0. The number of carboxylic acids is 1. The number of rotatable bonds is 5. The van der Waals surface area contributed by atoms with Crippen LogP contribution in [0.1, 0.15) is 22.5 Å². The number of hydrogen-bond acceptors (Lipinski definition) is 6.